The molecule has 0 aliphatic heterocycles. The fraction of sp³-hybridized carbons (Fsp3) is 0.250. The molecule has 2 aromatic carbocycles. The van der Waals surface area contributed by atoms with Gasteiger partial charge in [0.25, 0.3) is 11.8 Å². The van der Waals surface area contributed by atoms with E-state index in [0.29, 0.717) is 28.0 Å². The average molecular weight is 420 g/mol. The van der Waals surface area contributed by atoms with Crippen molar-refractivity contribution in [2.45, 2.75) is 6.92 Å². The number of carbonyl (C=O) groups is 2. The highest BCUT2D eigenvalue weighted by Crippen LogP contribution is 2.38. The predicted molar refractivity (Wildman–Crippen MR) is 110 cm³/mol. The van der Waals surface area contributed by atoms with E-state index in [2.05, 4.69) is 15.8 Å². The number of halogens is 1. The van der Waals surface area contributed by atoms with Crippen molar-refractivity contribution in [2.24, 2.45) is 5.10 Å². The number of rotatable bonds is 8. The number of hydrogen-bond acceptors (Lipinski definition) is 6. The van der Waals surface area contributed by atoms with Gasteiger partial charge in [0, 0.05) is 10.6 Å². The number of benzene rings is 2. The van der Waals surface area contributed by atoms with Crippen LogP contribution in [0.4, 0.5) is 0 Å². The maximum atomic E-state index is 12.4. The zero-order valence-corrected chi connectivity index (χ0v) is 17.3. The van der Waals surface area contributed by atoms with Gasteiger partial charge in [-0.05, 0) is 36.8 Å². The lowest BCUT2D eigenvalue weighted by atomic mass is 10.1. The van der Waals surface area contributed by atoms with Crippen LogP contribution in [0.2, 0.25) is 5.02 Å². The van der Waals surface area contributed by atoms with Crippen molar-refractivity contribution >= 4 is 29.1 Å². The van der Waals surface area contributed by atoms with Gasteiger partial charge < -0.3 is 19.5 Å². The molecule has 0 aromatic heterocycles. The molecule has 2 rings (SSSR count). The van der Waals surface area contributed by atoms with Gasteiger partial charge in [0.2, 0.25) is 5.75 Å². The van der Waals surface area contributed by atoms with Crippen LogP contribution in [-0.2, 0) is 4.79 Å². The lowest BCUT2D eigenvalue weighted by Crippen LogP contribution is -2.35. The Morgan fingerprint density at radius 3 is 2.07 bits per heavy atom. The molecular weight excluding hydrogens is 398 g/mol. The Labute approximate surface area is 173 Å². The first-order chi connectivity index (χ1) is 13.9. The molecule has 0 fully saturated rings. The Morgan fingerprint density at radius 1 is 0.966 bits per heavy atom. The third-order valence-electron chi connectivity index (χ3n) is 3.95. The normalized spacial score (nSPS) is 10.9. The summed E-state index contributed by atoms with van der Waals surface area (Å²) in [5.74, 6) is 0.0995. The molecule has 0 heterocycles. The average Bonchev–Trinajstić information content (AvgIpc) is 2.74. The van der Waals surface area contributed by atoms with Crippen molar-refractivity contribution in [3.8, 4) is 17.2 Å². The standard InChI is InChI=1S/C20H22ClN3O5/c1-12(13-5-7-15(21)8-6-13)23-24-18(25)11-22-20(26)14-9-16(27-2)19(29-4)17(10-14)28-3/h5-10H,11H2,1-4H3,(H,22,26)(H,24,25). The van der Waals surface area contributed by atoms with Crippen molar-refractivity contribution in [1.82, 2.24) is 10.7 Å². The van der Waals surface area contributed by atoms with Crippen LogP contribution in [0.1, 0.15) is 22.8 Å². The molecule has 0 saturated heterocycles. The van der Waals surface area contributed by atoms with Gasteiger partial charge in [0.1, 0.15) is 0 Å². The zero-order chi connectivity index (χ0) is 21.4. The smallest absolute Gasteiger partial charge is 0.259 e. The number of hydrazone groups is 1. The van der Waals surface area contributed by atoms with E-state index in [0.717, 1.165) is 5.56 Å². The van der Waals surface area contributed by atoms with Crippen LogP contribution in [-0.4, -0.2) is 45.4 Å². The highest BCUT2D eigenvalue weighted by atomic mass is 35.5. The Balaban J connectivity index is 1.98. The van der Waals surface area contributed by atoms with Gasteiger partial charge in [-0.2, -0.15) is 5.10 Å². The summed E-state index contributed by atoms with van der Waals surface area (Å²) in [6.07, 6.45) is 0. The number of amides is 2. The molecule has 0 saturated carbocycles. The van der Waals surface area contributed by atoms with Crippen molar-refractivity contribution < 1.29 is 23.8 Å². The quantitative estimate of drug-likeness (QED) is 0.506. The van der Waals surface area contributed by atoms with Crippen LogP contribution < -0.4 is 25.0 Å². The predicted octanol–water partition coefficient (Wildman–Crippen LogP) is 2.64. The summed E-state index contributed by atoms with van der Waals surface area (Å²) in [6, 6.07) is 10.0. The van der Waals surface area contributed by atoms with Gasteiger partial charge in [0.05, 0.1) is 33.6 Å². The van der Waals surface area contributed by atoms with Crippen LogP contribution in [0.5, 0.6) is 17.2 Å². The Kier molecular flexibility index (Phi) is 7.85. The van der Waals surface area contributed by atoms with Crippen LogP contribution >= 0.6 is 11.6 Å². The van der Waals surface area contributed by atoms with Crippen LogP contribution in [0.15, 0.2) is 41.5 Å². The van der Waals surface area contributed by atoms with Crippen LogP contribution in [0, 0.1) is 0 Å². The molecule has 0 aliphatic rings. The molecule has 0 spiro atoms. The number of hydrogen-bond donors (Lipinski definition) is 2. The maximum absolute atomic E-state index is 12.4. The van der Waals surface area contributed by atoms with Crippen molar-refractivity contribution in [3.05, 3.63) is 52.5 Å². The number of nitrogens with one attached hydrogen (secondary N) is 2. The third kappa shape index (κ3) is 5.86. The van der Waals surface area contributed by atoms with Crippen LogP contribution in [0.25, 0.3) is 0 Å². The first kappa shape index (κ1) is 22.0. The minimum absolute atomic E-state index is 0.257. The highest BCUT2D eigenvalue weighted by molar-refractivity contribution is 6.30. The number of methoxy groups -OCH3 is 3. The molecule has 8 nitrogen and oxygen atoms in total. The van der Waals surface area contributed by atoms with Crippen molar-refractivity contribution in [2.75, 3.05) is 27.9 Å². The Morgan fingerprint density at radius 2 is 1.55 bits per heavy atom. The van der Waals surface area contributed by atoms with Crippen molar-refractivity contribution in [1.29, 1.82) is 0 Å². The Hall–Kier alpha value is -3.26. The first-order valence-corrected chi connectivity index (χ1v) is 8.94. The lowest BCUT2D eigenvalue weighted by molar-refractivity contribution is -0.120. The second kappa shape index (κ2) is 10.3. The molecule has 9 heteroatoms. The molecule has 2 amide bonds. The maximum Gasteiger partial charge on any atom is 0.259 e. The second-order valence-electron chi connectivity index (χ2n) is 5.84. The van der Waals surface area contributed by atoms with Gasteiger partial charge in [-0.25, -0.2) is 5.43 Å². The summed E-state index contributed by atoms with van der Waals surface area (Å²) < 4.78 is 15.7. The molecule has 0 radical (unpaired) electrons. The van der Waals surface area contributed by atoms with E-state index in [-0.39, 0.29) is 12.1 Å². The molecule has 29 heavy (non-hydrogen) atoms. The number of carbonyl (C=O) groups excluding carboxylic acids is 2. The topological polar surface area (TPSA) is 98.2 Å². The summed E-state index contributed by atoms with van der Waals surface area (Å²) in [5, 5.41) is 7.15. The summed E-state index contributed by atoms with van der Waals surface area (Å²) in [4.78, 5) is 24.4. The van der Waals surface area contributed by atoms with Crippen molar-refractivity contribution in [3.63, 3.8) is 0 Å². The molecule has 2 N–H and O–H groups in total. The zero-order valence-electron chi connectivity index (χ0n) is 16.5. The second-order valence-corrected chi connectivity index (χ2v) is 6.27. The summed E-state index contributed by atoms with van der Waals surface area (Å²) >= 11 is 5.85. The van der Waals surface area contributed by atoms with E-state index in [4.69, 9.17) is 25.8 Å². The molecular formula is C20H22ClN3O5. The molecule has 0 aliphatic carbocycles. The summed E-state index contributed by atoms with van der Waals surface area (Å²) in [6.45, 7) is 1.49. The lowest BCUT2D eigenvalue weighted by Gasteiger charge is -2.14. The minimum atomic E-state index is -0.474. The van der Waals surface area contributed by atoms with Gasteiger partial charge >= 0.3 is 0 Å². The minimum Gasteiger partial charge on any atom is -0.493 e. The molecule has 154 valence electrons. The van der Waals surface area contributed by atoms with E-state index in [1.54, 1.807) is 31.2 Å². The first-order valence-electron chi connectivity index (χ1n) is 8.56. The van der Waals surface area contributed by atoms with Gasteiger partial charge in [-0.15, -0.1) is 0 Å². The summed E-state index contributed by atoms with van der Waals surface area (Å²) in [5.41, 5.74) is 4.07. The largest absolute Gasteiger partial charge is 0.493 e. The van der Waals surface area contributed by atoms with Gasteiger partial charge in [0.15, 0.2) is 11.5 Å². The molecule has 0 bridgehead atoms. The number of nitrogens with zero attached hydrogens (tertiary/aromatic N) is 1. The fourth-order valence-corrected chi connectivity index (χ4v) is 2.54. The fourth-order valence-electron chi connectivity index (χ4n) is 2.42. The molecule has 2 aromatic rings. The molecule has 0 unspecified atom stereocenters. The van der Waals surface area contributed by atoms with Gasteiger partial charge in [-0.3, -0.25) is 9.59 Å². The number of ether oxygens (including phenoxy) is 3. The summed E-state index contributed by atoms with van der Waals surface area (Å²) in [7, 11) is 4.37. The molecule has 0 atom stereocenters. The van der Waals surface area contributed by atoms with Crippen LogP contribution in [0.3, 0.4) is 0 Å². The Bertz CT molecular complexity index is 888. The van der Waals surface area contributed by atoms with Gasteiger partial charge in [-0.1, -0.05) is 23.7 Å². The van der Waals surface area contributed by atoms with E-state index in [9.17, 15) is 9.59 Å². The highest BCUT2D eigenvalue weighted by Gasteiger charge is 2.17. The van der Waals surface area contributed by atoms with E-state index in [1.807, 2.05) is 0 Å². The van der Waals surface area contributed by atoms with E-state index >= 15 is 0 Å². The van der Waals surface area contributed by atoms with E-state index < -0.39 is 11.8 Å². The SMILES string of the molecule is COc1cc(C(=O)NCC(=O)NN=C(C)c2ccc(Cl)cc2)cc(OC)c1OC. The monoisotopic (exact) mass is 419 g/mol. The van der Waals surface area contributed by atoms with E-state index in [1.165, 1.54) is 33.5 Å². The third-order valence-corrected chi connectivity index (χ3v) is 4.20.